The first kappa shape index (κ1) is 23.2. The number of piperidine rings is 1. The number of pyridine rings is 1. The molecule has 1 fully saturated rings. The van der Waals surface area contributed by atoms with Crippen LogP contribution in [0.3, 0.4) is 0 Å². The summed E-state index contributed by atoms with van der Waals surface area (Å²) >= 11 is 0. The second-order valence-electron chi connectivity index (χ2n) is 8.15. The molecule has 26 heavy (non-hydrogen) atoms. The minimum absolute atomic E-state index is 0. The fourth-order valence-electron chi connectivity index (χ4n) is 3.58. The van der Waals surface area contributed by atoms with Crippen LogP contribution in [-0.2, 0) is 5.41 Å². The standard InChI is InChI=1S/C21H30N2O.2ClH/c1-21(2,3)20-14-17(16-6-4-5-7-18(16)23-20)19(24)9-8-15-10-12-22-13-11-15;;/h4-7,14-15,19,22,24H,8-13H2,1-3H3;2*1H. The molecule has 0 amide bonds. The van der Waals surface area contributed by atoms with E-state index in [1.807, 2.05) is 18.2 Å². The molecule has 1 aliphatic heterocycles. The van der Waals surface area contributed by atoms with E-state index in [1.54, 1.807) is 0 Å². The van der Waals surface area contributed by atoms with Crippen LogP contribution in [0.5, 0.6) is 0 Å². The van der Waals surface area contributed by atoms with E-state index < -0.39 is 6.10 Å². The molecule has 1 aliphatic rings. The van der Waals surface area contributed by atoms with Crippen molar-refractivity contribution >= 4 is 35.7 Å². The maximum absolute atomic E-state index is 10.9. The quantitative estimate of drug-likeness (QED) is 0.744. The maximum Gasteiger partial charge on any atom is 0.0797 e. The molecule has 3 nitrogen and oxygen atoms in total. The Hall–Kier alpha value is -0.870. The normalized spacial score (nSPS) is 16.6. The molecule has 5 heteroatoms. The summed E-state index contributed by atoms with van der Waals surface area (Å²) in [4.78, 5) is 4.82. The van der Waals surface area contributed by atoms with Crippen molar-refractivity contribution in [3.05, 3.63) is 41.6 Å². The van der Waals surface area contributed by atoms with Gasteiger partial charge in [0, 0.05) is 16.5 Å². The van der Waals surface area contributed by atoms with Crippen LogP contribution >= 0.6 is 24.8 Å². The first-order valence-corrected chi connectivity index (χ1v) is 9.24. The van der Waals surface area contributed by atoms with Crippen LogP contribution in [-0.4, -0.2) is 23.2 Å². The fraction of sp³-hybridized carbons (Fsp3) is 0.571. The lowest BCUT2D eigenvalue weighted by Crippen LogP contribution is -2.27. The molecule has 0 saturated carbocycles. The molecular weight excluding hydrogens is 367 g/mol. The number of hydrogen-bond acceptors (Lipinski definition) is 3. The summed E-state index contributed by atoms with van der Waals surface area (Å²) in [6.07, 6.45) is 4.00. The van der Waals surface area contributed by atoms with Crippen molar-refractivity contribution in [1.82, 2.24) is 10.3 Å². The molecule has 3 rings (SSSR count). The first-order chi connectivity index (χ1) is 11.4. The minimum Gasteiger partial charge on any atom is -0.388 e. The van der Waals surface area contributed by atoms with Gasteiger partial charge in [0.2, 0.25) is 0 Å². The maximum atomic E-state index is 10.9. The highest BCUT2D eigenvalue weighted by Gasteiger charge is 2.21. The molecule has 0 spiro atoms. The lowest BCUT2D eigenvalue weighted by molar-refractivity contribution is 0.153. The zero-order valence-corrected chi connectivity index (χ0v) is 17.6. The minimum atomic E-state index is -0.408. The van der Waals surface area contributed by atoms with Gasteiger partial charge in [-0.05, 0) is 62.4 Å². The van der Waals surface area contributed by atoms with E-state index in [4.69, 9.17) is 4.98 Å². The molecule has 2 aromatic rings. The monoisotopic (exact) mass is 398 g/mol. The summed E-state index contributed by atoms with van der Waals surface area (Å²) in [7, 11) is 0. The van der Waals surface area contributed by atoms with Crippen LogP contribution in [0.2, 0.25) is 0 Å². The zero-order chi connectivity index (χ0) is 17.2. The lowest BCUT2D eigenvalue weighted by Gasteiger charge is -2.25. The Labute approximate surface area is 169 Å². The van der Waals surface area contributed by atoms with Gasteiger partial charge in [0.25, 0.3) is 0 Å². The molecule has 146 valence electrons. The van der Waals surface area contributed by atoms with Crippen molar-refractivity contribution < 1.29 is 5.11 Å². The van der Waals surface area contributed by atoms with Crippen molar-refractivity contribution in [2.75, 3.05) is 13.1 Å². The predicted octanol–water partition coefficient (Wildman–Crippen LogP) is 5.19. The number of nitrogens with zero attached hydrogens (tertiary/aromatic N) is 1. The van der Waals surface area contributed by atoms with Gasteiger partial charge in [-0.25, -0.2) is 0 Å². The number of halogens is 2. The van der Waals surface area contributed by atoms with Crippen LogP contribution in [0.25, 0.3) is 10.9 Å². The Bertz CT molecular complexity index is 694. The summed E-state index contributed by atoms with van der Waals surface area (Å²) in [6.45, 7) is 8.76. The summed E-state index contributed by atoms with van der Waals surface area (Å²) in [5, 5.41) is 15.4. The molecule has 1 unspecified atom stereocenters. The zero-order valence-electron chi connectivity index (χ0n) is 16.0. The van der Waals surface area contributed by atoms with E-state index >= 15 is 0 Å². The highest BCUT2D eigenvalue weighted by atomic mass is 35.5. The molecule has 1 aromatic heterocycles. The largest absolute Gasteiger partial charge is 0.388 e. The van der Waals surface area contributed by atoms with Crippen molar-refractivity contribution in [3.63, 3.8) is 0 Å². The fourth-order valence-corrected chi connectivity index (χ4v) is 3.58. The SMILES string of the molecule is CC(C)(C)c1cc(C(O)CCC2CCNCC2)c2ccccc2n1.Cl.Cl. The molecular formula is C21H32Cl2N2O. The van der Waals surface area contributed by atoms with Crippen LogP contribution in [0.15, 0.2) is 30.3 Å². The Kier molecular flexibility index (Phi) is 8.81. The summed E-state index contributed by atoms with van der Waals surface area (Å²) < 4.78 is 0. The predicted molar refractivity (Wildman–Crippen MR) is 115 cm³/mol. The topological polar surface area (TPSA) is 45.1 Å². The Morgan fingerprint density at radius 3 is 2.46 bits per heavy atom. The number of rotatable bonds is 4. The smallest absolute Gasteiger partial charge is 0.0797 e. The van der Waals surface area contributed by atoms with Gasteiger partial charge in [0.05, 0.1) is 11.6 Å². The third kappa shape index (κ3) is 5.56. The van der Waals surface area contributed by atoms with Gasteiger partial charge in [-0.2, -0.15) is 0 Å². The van der Waals surface area contributed by atoms with E-state index in [-0.39, 0.29) is 30.2 Å². The Balaban J connectivity index is 0.00000169. The number of aromatic nitrogens is 1. The Morgan fingerprint density at radius 1 is 1.15 bits per heavy atom. The van der Waals surface area contributed by atoms with Crippen LogP contribution < -0.4 is 5.32 Å². The van der Waals surface area contributed by atoms with Crippen molar-refractivity contribution in [2.24, 2.45) is 5.92 Å². The van der Waals surface area contributed by atoms with Gasteiger partial charge in [-0.3, -0.25) is 4.98 Å². The number of benzene rings is 1. The number of hydrogen-bond donors (Lipinski definition) is 2. The number of nitrogens with one attached hydrogen (secondary N) is 1. The van der Waals surface area contributed by atoms with E-state index in [9.17, 15) is 5.11 Å². The lowest BCUT2D eigenvalue weighted by atomic mass is 9.87. The summed E-state index contributed by atoms with van der Waals surface area (Å²) in [5.74, 6) is 0.746. The molecule has 2 heterocycles. The van der Waals surface area contributed by atoms with Gasteiger partial charge in [0.15, 0.2) is 0 Å². The van der Waals surface area contributed by atoms with E-state index in [0.29, 0.717) is 0 Å². The molecule has 0 aliphatic carbocycles. The average Bonchev–Trinajstić information content (AvgIpc) is 2.59. The Morgan fingerprint density at radius 2 is 1.81 bits per heavy atom. The summed E-state index contributed by atoms with van der Waals surface area (Å²) in [6, 6.07) is 10.3. The number of para-hydroxylation sites is 1. The molecule has 0 radical (unpaired) electrons. The molecule has 1 saturated heterocycles. The van der Waals surface area contributed by atoms with Crippen LogP contribution in [0.1, 0.15) is 63.8 Å². The van der Waals surface area contributed by atoms with Gasteiger partial charge >= 0.3 is 0 Å². The van der Waals surface area contributed by atoms with Crippen LogP contribution in [0.4, 0.5) is 0 Å². The third-order valence-electron chi connectivity index (χ3n) is 5.18. The first-order valence-electron chi connectivity index (χ1n) is 9.24. The molecule has 1 aromatic carbocycles. The number of fused-ring (bicyclic) bond motifs is 1. The number of aliphatic hydroxyl groups excluding tert-OH is 1. The van der Waals surface area contributed by atoms with Crippen LogP contribution in [0, 0.1) is 5.92 Å². The van der Waals surface area contributed by atoms with Gasteiger partial charge in [0.1, 0.15) is 0 Å². The van der Waals surface area contributed by atoms with Crippen molar-refractivity contribution in [1.29, 1.82) is 0 Å². The van der Waals surface area contributed by atoms with E-state index in [0.717, 1.165) is 54.0 Å². The van der Waals surface area contributed by atoms with Gasteiger partial charge in [-0.15, -0.1) is 24.8 Å². The average molecular weight is 399 g/mol. The third-order valence-corrected chi connectivity index (χ3v) is 5.18. The van der Waals surface area contributed by atoms with E-state index in [1.165, 1.54) is 12.8 Å². The highest BCUT2D eigenvalue weighted by Crippen LogP contribution is 2.32. The second-order valence-corrected chi connectivity index (χ2v) is 8.15. The van der Waals surface area contributed by atoms with Gasteiger partial charge < -0.3 is 10.4 Å². The van der Waals surface area contributed by atoms with Crippen molar-refractivity contribution in [2.45, 2.75) is 58.0 Å². The second kappa shape index (κ2) is 9.89. The molecule has 1 atom stereocenters. The highest BCUT2D eigenvalue weighted by molar-refractivity contribution is 5.85. The van der Waals surface area contributed by atoms with Gasteiger partial charge in [-0.1, -0.05) is 39.0 Å². The number of aliphatic hydroxyl groups is 1. The van der Waals surface area contributed by atoms with E-state index in [2.05, 4.69) is 38.2 Å². The summed E-state index contributed by atoms with van der Waals surface area (Å²) in [5.41, 5.74) is 3.06. The van der Waals surface area contributed by atoms with Crippen molar-refractivity contribution in [3.8, 4) is 0 Å². The molecule has 0 bridgehead atoms. The molecule has 2 N–H and O–H groups in total.